The number of pyridine rings is 2. The van der Waals surface area contributed by atoms with Crippen LogP contribution in [0.5, 0.6) is 23.1 Å². The molecule has 5 aromatic heterocycles. The standard InChI is InChI=1S/C53H50N6O2Si.Pt/c1-30(2)46-49(47(31(3)4)57-52(56-46)32(5)6)59-42-21-14-12-19-40(42)50-53(59)61-44-24-25-54-48(51(44)62(50,9)10)35-16-15-17-36(27-35)60-37-22-23-39-38-18-11-13-20-41(38)58(43(39)28-37)45-26-33(7)34(8)29-55-45;/h11-26,29-32H,1-10H3;/q-2;+2. The van der Waals surface area contributed by atoms with Crippen molar-refractivity contribution in [3.05, 3.63) is 144 Å². The van der Waals surface area contributed by atoms with Gasteiger partial charge < -0.3 is 19.0 Å². The number of aromatic nitrogens is 6. The zero-order valence-electron chi connectivity index (χ0n) is 37.4. The Morgan fingerprint density at radius 3 is 2.00 bits per heavy atom. The van der Waals surface area contributed by atoms with Crippen LogP contribution >= 0.6 is 0 Å². The molecule has 1 aliphatic heterocycles. The molecule has 0 spiro atoms. The molecular formula is C53H50N6O2PtSi. The molecular weight excluding hydrogens is 976 g/mol. The van der Waals surface area contributed by atoms with Crippen LogP contribution < -0.4 is 19.8 Å². The molecule has 0 unspecified atom stereocenters. The van der Waals surface area contributed by atoms with Gasteiger partial charge in [0.25, 0.3) is 0 Å². The van der Waals surface area contributed by atoms with Crippen LogP contribution in [0.1, 0.15) is 87.6 Å². The first-order chi connectivity index (χ1) is 29.8. The molecule has 10 rings (SSSR count). The van der Waals surface area contributed by atoms with Gasteiger partial charge in [0.05, 0.1) is 22.6 Å². The maximum atomic E-state index is 7.19. The number of aryl methyl sites for hydroxylation is 2. The summed E-state index contributed by atoms with van der Waals surface area (Å²) < 4.78 is 18.3. The predicted octanol–water partition coefficient (Wildman–Crippen LogP) is 12.3. The summed E-state index contributed by atoms with van der Waals surface area (Å²) in [6.07, 6.45) is 3.78. The van der Waals surface area contributed by atoms with Crippen LogP contribution in [0, 0.1) is 26.0 Å². The third-order valence-corrected chi connectivity index (χ3v) is 15.8. The van der Waals surface area contributed by atoms with Gasteiger partial charge in [-0.25, -0.2) is 15.0 Å². The molecule has 10 heteroatoms. The Hall–Kier alpha value is -5.89. The molecule has 0 fully saturated rings. The average molecular weight is 1030 g/mol. The fraction of sp³-hybridized carbons (Fsp3) is 0.245. The molecule has 8 nitrogen and oxygen atoms in total. The minimum absolute atomic E-state index is 0. The van der Waals surface area contributed by atoms with Crippen molar-refractivity contribution in [2.24, 2.45) is 0 Å². The van der Waals surface area contributed by atoms with Crippen LogP contribution in [-0.4, -0.2) is 37.1 Å². The first-order valence-corrected chi connectivity index (χ1v) is 24.6. The maximum absolute atomic E-state index is 7.19. The molecule has 0 saturated heterocycles. The quantitative estimate of drug-likeness (QED) is 0.111. The van der Waals surface area contributed by atoms with Gasteiger partial charge in [0.2, 0.25) is 5.88 Å². The number of benzene rings is 4. The normalized spacial score (nSPS) is 13.2. The first kappa shape index (κ1) is 42.4. The second-order valence-corrected chi connectivity index (χ2v) is 22.3. The minimum Gasteiger partial charge on any atom is -0.503 e. The van der Waals surface area contributed by atoms with E-state index in [2.05, 4.69) is 156 Å². The summed E-state index contributed by atoms with van der Waals surface area (Å²) in [5.41, 5.74) is 10.2. The summed E-state index contributed by atoms with van der Waals surface area (Å²) in [4.78, 5) is 20.4. The van der Waals surface area contributed by atoms with Gasteiger partial charge in [-0.3, -0.25) is 4.57 Å². The van der Waals surface area contributed by atoms with Gasteiger partial charge in [0, 0.05) is 45.9 Å². The summed E-state index contributed by atoms with van der Waals surface area (Å²) in [5, 5.41) is 5.76. The summed E-state index contributed by atoms with van der Waals surface area (Å²) in [6.45, 7) is 22.2. The Kier molecular flexibility index (Phi) is 10.8. The van der Waals surface area contributed by atoms with E-state index in [4.69, 9.17) is 29.4 Å². The molecule has 0 amide bonds. The van der Waals surface area contributed by atoms with Crippen molar-refractivity contribution < 1.29 is 30.5 Å². The zero-order valence-corrected chi connectivity index (χ0v) is 40.6. The molecule has 0 radical (unpaired) electrons. The first-order valence-electron chi connectivity index (χ1n) is 21.6. The molecule has 0 atom stereocenters. The second-order valence-electron chi connectivity index (χ2n) is 18.1. The van der Waals surface area contributed by atoms with E-state index in [9.17, 15) is 0 Å². The van der Waals surface area contributed by atoms with E-state index in [1.165, 1.54) is 16.1 Å². The van der Waals surface area contributed by atoms with E-state index in [0.29, 0.717) is 11.5 Å². The molecule has 0 saturated carbocycles. The second kappa shape index (κ2) is 16.0. The zero-order chi connectivity index (χ0) is 43.2. The van der Waals surface area contributed by atoms with Crippen LogP contribution in [0.4, 0.5) is 0 Å². The Morgan fingerprint density at radius 1 is 0.651 bits per heavy atom. The SMILES string of the molecule is Cc1cnc(-n2c3[c-]c(Oc4[c-]c(-c5nccc6c5[Si](C)(C)c5c(n(-c7c(C(C)C)nc(C(C)C)nc7C(C)C)c7ccccc57)O6)ccc4)ccc3c3ccccc32)cc1C.[Pt+2]. The molecule has 0 N–H and O–H groups in total. The topological polar surface area (TPSA) is 79.9 Å². The largest absolute Gasteiger partial charge is 2.00 e. The number of rotatable bonds is 8. The van der Waals surface area contributed by atoms with Crippen LogP contribution in [0.15, 0.2) is 103 Å². The molecule has 0 bridgehead atoms. The molecule has 6 heterocycles. The summed E-state index contributed by atoms with van der Waals surface area (Å²) >= 11 is 0. The van der Waals surface area contributed by atoms with Gasteiger partial charge in [-0.15, -0.1) is 41.3 Å². The Labute approximate surface area is 384 Å². The Bertz CT molecular complexity index is 3230. The predicted molar refractivity (Wildman–Crippen MR) is 253 cm³/mol. The van der Waals surface area contributed by atoms with Crippen molar-refractivity contribution in [1.82, 2.24) is 29.1 Å². The summed E-state index contributed by atoms with van der Waals surface area (Å²) in [6, 6.07) is 38.5. The molecule has 0 aliphatic carbocycles. The monoisotopic (exact) mass is 1030 g/mol. The Balaban J connectivity index is 0.00000504. The van der Waals surface area contributed by atoms with E-state index in [1.54, 1.807) is 0 Å². The van der Waals surface area contributed by atoms with Crippen LogP contribution in [0.3, 0.4) is 0 Å². The third-order valence-electron chi connectivity index (χ3n) is 12.4. The van der Waals surface area contributed by atoms with Crippen molar-refractivity contribution >= 4 is 51.2 Å². The van der Waals surface area contributed by atoms with E-state index >= 15 is 0 Å². The summed E-state index contributed by atoms with van der Waals surface area (Å²) in [5.74, 6) is 5.08. The van der Waals surface area contributed by atoms with Gasteiger partial charge in [0.1, 0.15) is 25.5 Å². The Morgan fingerprint density at radius 2 is 1.32 bits per heavy atom. The van der Waals surface area contributed by atoms with Crippen LogP contribution in [0.25, 0.3) is 55.5 Å². The number of nitrogens with zero attached hydrogens (tertiary/aromatic N) is 6. The van der Waals surface area contributed by atoms with E-state index in [1.807, 2.05) is 36.7 Å². The van der Waals surface area contributed by atoms with Crippen molar-refractivity contribution in [1.29, 1.82) is 0 Å². The number of hydrogen-bond acceptors (Lipinski definition) is 6. The molecule has 63 heavy (non-hydrogen) atoms. The van der Waals surface area contributed by atoms with Gasteiger partial charge in [-0.2, -0.15) is 6.07 Å². The van der Waals surface area contributed by atoms with E-state index in [0.717, 1.165) is 89.7 Å². The molecule has 9 aromatic rings. The number of fused-ring (bicyclic) bond motifs is 7. The minimum atomic E-state index is -2.56. The van der Waals surface area contributed by atoms with Crippen molar-refractivity contribution in [2.45, 2.75) is 86.2 Å². The van der Waals surface area contributed by atoms with Gasteiger partial charge in [0.15, 0.2) is 0 Å². The number of ether oxygens (including phenoxy) is 2. The van der Waals surface area contributed by atoms with Gasteiger partial charge >= 0.3 is 21.1 Å². The number of para-hydroxylation sites is 2. The fourth-order valence-corrected chi connectivity index (χ4v) is 12.5. The fourth-order valence-electron chi connectivity index (χ4n) is 9.17. The van der Waals surface area contributed by atoms with Crippen LogP contribution in [0.2, 0.25) is 13.1 Å². The summed E-state index contributed by atoms with van der Waals surface area (Å²) in [7, 11) is -2.56. The maximum Gasteiger partial charge on any atom is 2.00 e. The van der Waals surface area contributed by atoms with E-state index in [-0.39, 0.29) is 38.8 Å². The van der Waals surface area contributed by atoms with E-state index < -0.39 is 8.07 Å². The molecule has 318 valence electrons. The third kappa shape index (κ3) is 6.92. The smallest absolute Gasteiger partial charge is 0.503 e. The van der Waals surface area contributed by atoms with Crippen molar-refractivity contribution in [3.8, 4) is 45.9 Å². The van der Waals surface area contributed by atoms with Crippen LogP contribution in [-0.2, 0) is 21.1 Å². The molecule has 1 aliphatic rings. The molecule has 4 aromatic carbocycles. The van der Waals surface area contributed by atoms with Crippen molar-refractivity contribution in [3.63, 3.8) is 0 Å². The average Bonchev–Trinajstić information content (AvgIpc) is 3.76. The van der Waals surface area contributed by atoms with Gasteiger partial charge in [-0.1, -0.05) is 103 Å². The van der Waals surface area contributed by atoms with Gasteiger partial charge in [-0.05, 0) is 77.3 Å². The number of hydrogen-bond donors (Lipinski definition) is 0. The van der Waals surface area contributed by atoms with Crippen molar-refractivity contribution in [2.75, 3.05) is 0 Å².